The molecule has 0 radical (unpaired) electrons. The van der Waals surface area contributed by atoms with Gasteiger partial charge in [-0.25, -0.2) is 0 Å². The molecule has 6 nitrogen and oxygen atoms in total. The third-order valence-corrected chi connectivity index (χ3v) is 3.36. The van der Waals surface area contributed by atoms with Crippen molar-refractivity contribution >= 4 is 11.9 Å². The van der Waals surface area contributed by atoms with Gasteiger partial charge < -0.3 is 14.6 Å². The van der Waals surface area contributed by atoms with Gasteiger partial charge in [0, 0.05) is 38.3 Å². The highest BCUT2D eigenvalue weighted by molar-refractivity contribution is 5.80. The van der Waals surface area contributed by atoms with E-state index in [1.807, 2.05) is 0 Å². The number of carbonyl (C=O) groups excluding carboxylic acids is 1. The van der Waals surface area contributed by atoms with Gasteiger partial charge in [0.25, 0.3) is 5.56 Å². The molecular weight excluding hydrogens is 248 g/mol. The Bertz CT molecular complexity index is 537. The van der Waals surface area contributed by atoms with Crippen LogP contribution in [0.1, 0.15) is 12.8 Å². The molecule has 1 aliphatic heterocycles. The number of pyridine rings is 1. The lowest BCUT2D eigenvalue weighted by Crippen LogP contribution is -2.44. The first-order valence-electron chi connectivity index (χ1n) is 6.24. The predicted octanol–water partition coefficient (Wildman–Crippen LogP) is 0.171. The van der Waals surface area contributed by atoms with Crippen molar-refractivity contribution in [2.24, 2.45) is 5.92 Å². The van der Waals surface area contributed by atoms with E-state index in [9.17, 15) is 14.4 Å². The molecule has 0 spiro atoms. The van der Waals surface area contributed by atoms with Gasteiger partial charge in [-0.1, -0.05) is 6.07 Å². The topological polar surface area (TPSA) is 79.6 Å². The molecule has 1 aliphatic rings. The van der Waals surface area contributed by atoms with Crippen LogP contribution in [0.15, 0.2) is 29.2 Å². The maximum Gasteiger partial charge on any atom is 0.308 e. The summed E-state index contributed by atoms with van der Waals surface area (Å²) < 4.78 is 1.51. The van der Waals surface area contributed by atoms with Gasteiger partial charge in [-0.3, -0.25) is 14.4 Å². The van der Waals surface area contributed by atoms with E-state index in [0.29, 0.717) is 19.5 Å². The van der Waals surface area contributed by atoms with Gasteiger partial charge in [0.05, 0.1) is 5.92 Å². The molecule has 19 heavy (non-hydrogen) atoms. The molecule has 0 saturated carbocycles. The molecule has 2 rings (SSSR count). The smallest absolute Gasteiger partial charge is 0.308 e. The molecule has 102 valence electrons. The highest BCUT2D eigenvalue weighted by atomic mass is 16.4. The summed E-state index contributed by atoms with van der Waals surface area (Å²) in [7, 11) is 0. The largest absolute Gasteiger partial charge is 0.481 e. The van der Waals surface area contributed by atoms with Crippen LogP contribution < -0.4 is 5.56 Å². The lowest BCUT2D eigenvalue weighted by atomic mass is 9.98. The lowest BCUT2D eigenvalue weighted by molar-refractivity contribution is -0.147. The molecule has 1 aromatic heterocycles. The molecular formula is C13H16N2O4. The number of piperidine rings is 1. The Labute approximate surface area is 110 Å². The molecule has 1 fully saturated rings. The molecule has 2 heterocycles. The first-order valence-corrected chi connectivity index (χ1v) is 6.24. The zero-order chi connectivity index (χ0) is 13.8. The van der Waals surface area contributed by atoms with Crippen molar-refractivity contribution in [2.75, 3.05) is 13.1 Å². The van der Waals surface area contributed by atoms with Crippen molar-refractivity contribution in [2.45, 2.75) is 19.4 Å². The minimum absolute atomic E-state index is 0.0403. The van der Waals surface area contributed by atoms with Crippen LogP contribution in [0.3, 0.4) is 0 Å². The van der Waals surface area contributed by atoms with Crippen LogP contribution in [0.4, 0.5) is 0 Å². The fourth-order valence-corrected chi connectivity index (χ4v) is 2.21. The minimum atomic E-state index is -0.866. The average Bonchev–Trinajstić information content (AvgIpc) is 2.39. The number of hydrogen-bond donors (Lipinski definition) is 1. The summed E-state index contributed by atoms with van der Waals surface area (Å²) in [6, 6.07) is 4.86. The van der Waals surface area contributed by atoms with Crippen molar-refractivity contribution in [3.05, 3.63) is 34.7 Å². The van der Waals surface area contributed by atoms with Crippen LogP contribution >= 0.6 is 0 Å². The zero-order valence-electron chi connectivity index (χ0n) is 10.5. The number of carbonyl (C=O) groups is 2. The number of nitrogens with zero attached hydrogens (tertiary/aromatic N) is 2. The van der Waals surface area contributed by atoms with Crippen LogP contribution in [-0.2, 0) is 16.1 Å². The van der Waals surface area contributed by atoms with Gasteiger partial charge in [0.1, 0.15) is 0 Å². The first-order chi connectivity index (χ1) is 9.08. The Kier molecular flexibility index (Phi) is 3.99. The molecule has 0 aliphatic carbocycles. The monoisotopic (exact) mass is 264 g/mol. The SMILES string of the molecule is O=C(O)C1CCC(=O)N(CCn2ccccc2=O)C1. The maximum absolute atomic E-state index is 11.7. The minimum Gasteiger partial charge on any atom is -0.481 e. The molecule has 0 bridgehead atoms. The van der Waals surface area contributed by atoms with Gasteiger partial charge in [0.15, 0.2) is 0 Å². The summed E-state index contributed by atoms with van der Waals surface area (Å²) in [4.78, 5) is 35.7. The summed E-state index contributed by atoms with van der Waals surface area (Å²) in [5, 5.41) is 8.98. The first kappa shape index (κ1) is 13.3. The Morgan fingerprint density at radius 1 is 1.32 bits per heavy atom. The number of aliphatic carboxylic acids is 1. The Morgan fingerprint density at radius 3 is 2.79 bits per heavy atom. The van der Waals surface area contributed by atoms with Crippen molar-refractivity contribution in [3.63, 3.8) is 0 Å². The van der Waals surface area contributed by atoms with Gasteiger partial charge in [-0.15, -0.1) is 0 Å². The fourth-order valence-electron chi connectivity index (χ4n) is 2.21. The second-order valence-corrected chi connectivity index (χ2v) is 4.65. The molecule has 6 heteroatoms. The molecule has 1 atom stereocenters. The summed E-state index contributed by atoms with van der Waals surface area (Å²) in [5.74, 6) is -1.40. The zero-order valence-corrected chi connectivity index (χ0v) is 10.5. The lowest BCUT2D eigenvalue weighted by Gasteiger charge is -2.30. The normalized spacial score (nSPS) is 19.5. The van der Waals surface area contributed by atoms with E-state index < -0.39 is 11.9 Å². The fraction of sp³-hybridized carbons (Fsp3) is 0.462. The number of rotatable bonds is 4. The summed E-state index contributed by atoms with van der Waals surface area (Å²) in [5.41, 5.74) is -0.123. The second kappa shape index (κ2) is 5.69. The molecule has 1 saturated heterocycles. The molecule has 0 aromatic carbocycles. The van der Waals surface area contributed by atoms with Crippen LogP contribution in [0.5, 0.6) is 0 Å². The van der Waals surface area contributed by atoms with Crippen molar-refractivity contribution < 1.29 is 14.7 Å². The van der Waals surface area contributed by atoms with Crippen molar-refractivity contribution in [1.29, 1.82) is 0 Å². The van der Waals surface area contributed by atoms with Crippen molar-refractivity contribution in [3.8, 4) is 0 Å². The number of hydrogen-bond acceptors (Lipinski definition) is 3. The Balaban J connectivity index is 1.98. The molecule has 1 aromatic rings. The van der Waals surface area contributed by atoms with Gasteiger partial charge in [0.2, 0.25) is 5.91 Å². The standard InChI is InChI=1S/C13H16N2O4/c16-11-3-1-2-6-14(11)7-8-15-9-10(13(18)19)4-5-12(15)17/h1-3,6,10H,4-5,7-9H2,(H,18,19). The number of likely N-dealkylation sites (tertiary alicyclic amines) is 1. The van der Waals surface area contributed by atoms with Gasteiger partial charge in [-0.2, -0.15) is 0 Å². The number of aromatic nitrogens is 1. The van der Waals surface area contributed by atoms with E-state index in [-0.39, 0.29) is 24.4 Å². The van der Waals surface area contributed by atoms with E-state index >= 15 is 0 Å². The summed E-state index contributed by atoms with van der Waals surface area (Å²) in [6.45, 7) is 0.986. The Hall–Kier alpha value is -2.11. The van der Waals surface area contributed by atoms with E-state index in [4.69, 9.17) is 5.11 Å². The van der Waals surface area contributed by atoms with Crippen LogP contribution in [0.2, 0.25) is 0 Å². The second-order valence-electron chi connectivity index (χ2n) is 4.65. The van der Waals surface area contributed by atoms with E-state index in [0.717, 1.165) is 0 Å². The van der Waals surface area contributed by atoms with Gasteiger partial charge in [-0.05, 0) is 12.5 Å². The van der Waals surface area contributed by atoms with Crippen LogP contribution in [0.25, 0.3) is 0 Å². The quantitative estimate of drug-likeness (QED) is 0.840. The number of amides is 1. The predicted molar refractivity (Wildman–Crippen MR) is 67.6 cm³/mol. The number of carboxylic acid groups (broad SMARTS) is 1. The highest BCUT2D eigenvalue weighted by Crippen LogP contribution is 2.17. The molecule has 1 unspecified atom stereocenters. The van der Waals surface area contributed by atoms with E-state index in [2.05, 4.69) is 0 Å². The maximum atomic E-state index is 11.7. The summed E-state index contributed by atoms with van der Waals surface area (Å²) in [6.07, 6.45) is 2.32. The average molecular weight is 264 g/mol. The third-order valence-electron chi connectivity index (χ3n) is 3.36. The molecule has 1 amide bonds. The molecule has 1 N–H and O–H groups in total. The van der Waals surface area contributed by atoms with E-state index in [1.54, 1.807) is 18.3 Å². The van der Waals surface area contributed by atoms with Gasteiger partial charge >= 0.3 is 5.97 Å². The summed E-state index contributed by atoms with van der Waals surface area (Å²) >= 11 is 0. The number of carboxylic acids is 1. The Morgan fingerprint density at radius 2 is 2.11 bits per heavy atom. The van der Waals surface area contributed by atoms with Crippen LogP contribution in [0, 0.1) is 5.92 Å². The van der Waals surface area contributed by atoms with Crippen LogP contribution in [-0.4, -0.2) is 39.5 Å². The van der Waals surface area contributed by atoms with Crippen molar-refractivity contribution in [1.82, 2.24) is 9.47 Å². The van der Waals surface area contributed by atoms with E-state index in [1.165, 1.54) is 15.5 Å². The third kappa shape index (κ3) is 3.21. The highest BCUT2D eigenvalue weighted by Gasteiger charge is 2.29.